The van der Waals surface area contributed by atoms with Crippen LogP contribution in [0.2, 0.25) is 0 Å². The van der Waals surface area contributed by atoms with Gasteiger partial charge in [-0.1, -0.05) is 13.0 Å². The van der Waals surface area contributed by atoms with Gasteiger partial charge in [0.15, 0.2) is 0 Å². The van der Waals surface area contributed by atoms with Crippen molar-refractivity contribution in [2.45, 2.75) is 45.7 Å². The molecule has 0 unspecified atom stereocenters. The predicted molar refractivity (Wildman–Crippen MR) is 114 cm³/mol. The first kappa shape index (κ1) is 23.4. The molecule has 2 aromatic carbocycles. The summed E-state index contributed by atoms with van der Waals surface area (Å²) < 4.78 is 45.8. The molecular weight excluding hydrogens is 421 g/mol. The Morgan fingerprint density at radius 1 is 1.16 bits per heavy atom. The fraction of sp³-hybridized carbons (Fsp3) is 0.333. The summed E-state index contributed by atoms with van der Waals surface area (Å²) in [6.45, 7) is 6.17. The molecule has 0 bridgehead atoms. The van der Waals surface area contributed by atoms with E-state index in [1.54, 1.807) is 4.68 Å². The van der Waals surface area contributed by atoms with Crippen LogP contribution < -0.4 is 4.74 Å². The zero-order valence-corrected chi connectivity index (χ0v) is 18.1. The number of halogens is 3. The maximum absolute atomic E-state index is 12.8. The smallest absolute Gasteiger partial charge is 0.416 e. The molecule has 0 aliphatic heterocycles. The lowest BCUT2D eigenvalue weighted by Crippen LogP contribution is -2.08. The Morgan fingerprint density at radius 3 is 2.44 bits per heavy atom. The van der Waals surface area contributed by atoms with Crippen molar-refractivity contribution in [3.05, 3.63) is 76.6 Å². The molecule has 0 radical (unpaired) electrons. The van der Waals surface area contributed by atoms with Crippen LogP contribution in [0.15, 0.2) is 48.7 Å². The summed E-state index contributed by atoms with van der Waals surface area (Å²) in [6, 6.07) is 10.5. The molecule has 0 amide bonds. The monoisotopic (exact) mass is 446 g/mol. The normalized spacial score (nSPS) is 12.6. The highest BCUT2D eigenvalue weighted by Gasteiger charge is 2.30. The molecule has 1 atom stereocenters. The van der Waals surface area contributed by atoms with Gasteiger partial charge in [-0.3, -0.25) is 4.79 Å². The third-order valence-electron chi connectivity index (χ3n) is 5.35. The highest BCUT2D eigenvalue weighted by Crippen LogP contribution is 2.30. The van der Waals surface area contributed by atoms with E-state index in [0.717, 1.165) is 34.5 Å². The minimum absolute atomic E-state index is 0.00481. The van der Waals surface area contributed by atoms with Crippen molar-refractivity contribution < 1.29 is 27.8 Å². The van der Waals surface area contributed by atoms with Crippen LogP contribution in [-0.4, -0.2) is 27.5 Å². The Kier molecular flexibility index (Phi) is 6.91. The summed E-state index contributed by atoms with van der Waals surface area (Å²) in [5.74, 6) is -0.128. The van der Waals surface area contributed by atoms with Crippen molar-refractivity contribution in [3.8, 4) is 11.4 Å². The van der Waals surface area contributed by atoms with Gasteiger partial charge in [0, 0.05) is 18.5 Å². The van der Waals surface area contributed by atoms with Gasteiger partial charge in [0.25, 0.3) is 0 Å². The van der Waals surface area contributed by atoms with Crippen LogP contribution in [0.5, 0.6) is 5.75 Å². The standard InChI is InChI=1S/C24H25F3N2O3/c1-15-12-21(10-4-18(15)5-11-23(30)31)32-14-16(2)22-13-29(28-17(22)3)20-8-6-19(7-9-20)24(25,26)27/h4,6-10,12-13,16H,5,11,14H2,1-3H3,(H,30,31)/t16-/m0/s1. The van der Waals surface area contributed by atoms with Gasteiger partial charge in [-0.25, -0.2) is 4.68 Å². The molecule has 0 spiro atoms. The highest BCUT2D eigenvalue weighted by atomic mass is 19.4. The Morgan fingerprint density at radius 2 is 1.84 bits per heavy atom. The SMILES string of the molecule is Cc1cc(OC[C@H](C)c2cn(-c3ccc(C(F)(F)F)cc3)nc2C)ccc1CCC(=O)O. The molecule has 0 fully saturated rings. The lowest BCUT2D eigenvalue weighted by molar-refractivity contribution is -0.138. The van der Waals surface area contributed by atoms with Crippen LogP contribution in [-0.2, 0) is 17.4 Å². The van der Waals surface area contributed by atoms with Gasteiger partial charge in [0.1, 0.15) is 5.75 Å². The van der Waals surface area contributed by atoms with Crippen molar-refractivity contribution >= 4 is 5.97 Å². The number of hydrogen-bond donors (Lipinski definition) is 1. The predicted octanol–water partition coefficient (Wildman–Crippen LogP) is 5.71. The molecule has 1 heterocycles. The lowest BCUT2D eigenvalue weighted by Gasteiger charge is -2.14. The number of carboxylic acid groups (broad SMARTS) is 1. The van der Waals surface area contributed by atoms with Gasteiger partial charge < -0.3 is 9.84 Å². The van der Waals surface area contributed by atoms with Gasteiger partial charge in [0.2, 0.25) is 0 Å². The Bertz CT molecular complexity index is 1090. The number of nitrogens with zero attached hydrogens (tertiary/aromatic N) is 2. The maximum Gasteiger partial charge on any atom is 0.416 e. The van der Waals surface area contributed by atoms with Crippen LogP contribution in [0.1, 0.15) is 47.2 Å². The molecule has 1 aromatic heterocycles. The Labute approximate surface area is 184 Å². The third-order valence-corrected chi connectivity index (χ3v) is 5.35. The van der Waals surface area contributed by atoms with Crippen molar-refractivity contribution in [3.63, 3.8) is 0 Å². The molecule has 1 N–H and O–H groups in total. The first-order chi connectivity index (χ1) is 15.0. The van der Waals surface area contributed by atoms with Crippen LogP contribution in [0.4, 0.5) is 13.2 Å². The van der Waals surface area contributed by atoms with Crippen molar-refractivity contribution in [2.75, 3.05) is 6.61 Å². The van der Waals surface area contributed by atoms with Crippen LogP contribution in [0.3, 0.4) is 0 Å². The number of rotatable bonds is 8. The average Bonchev–Trinajstić information content (AvgIpc) is 3.12. The number of alkyl halides is 3. The van der Waals surface area contributed by atoms with Crippen molar-refractivity contribution in [1.82, 2.24) is 9.78 Å². The van der Waals surface area contributed by atoms with E-state index in [0.29, 0.717) is 24.5 Å². The Balaban J connectivity index is 1.66. The number of aliphatic carboxylic acids is 1. The van der Waals surface area contributed by atoms with E-state index in [2.05, 4.69) is 5.10 Å². The van der Waals surface area contributed by atoms with E-state index in [1.165, 1.54) is 12.1 Å². The number of benzene rings is 2. The summed E-state index contributed by atoms with van der Waals surface area (Å²) >= 11 is 0. The molecule has 0 saturated carbocycles. The van der Waals surface area contributed by atoms with Crippen molar-refractivity contribution in [1.29, 1.82) is 0 Å². The Hall–Kier alpha value is -3.29. The number of ether oxygens (including phenoxy) is 1. The van der Waals surface area contributed by atoms with Crippen LogP contribution in [0.25, 0.3) is 5.69 Å². The van der Waals surface area contributed by atoms with Gasteiger partial charge in [0.05, 0.1) is 23.6 Å². The molecule has 170 valence electrons. The average molecular weight is 446 g/mol. The zero-order chi connectivity index (χ0) is 23.5. The van der Waals surface area contributed by atoms with E-state index in [4.69, 9.17) is 9.84 Å². The van der Waals surface area contributed by atoms with Gasteiger partial charge >= 0.3 is 12.1 Å². The number of aromatic nitrogens is 2. The van der Waals surface area contributed by atoms with E-state index >= 15 is 0 Å². The summed E-state index contributed by atoms with van der Waals surface area (Å²) in [7, 11) is 0. The van der Waals surface area contributed by atoms with Gasteiger partial charge in [-0.2, -0.15) is 18.3 Å². The number of aryl methyl sites for hydroxylation is 3. The lowest BCUT2D eigenvalue weighted by atomic mass is 10.0. The first-order valence-corrected chi connectivity index (χ1v) is 10.2. The summed E-state index contributed by atoms with van der Waals surface area (Å²) in [5.41, 5.74) is 3.52. The minimum atomic E-state index is -4.37. The summed E-state index contributed by atoms with van der Waals surface area (Å²) in [4.78, 5) is 10.8. The maximum atomic E-state index is 12.8. The molecule has 3 rings (SSSR count). The van der Waals surface area contributed by atoms with Gasteiger partial charge in [-0.15, -0.1) is 0 Å². The highest BCUT2D eigenvalue weighted by molar-refractivity contribution is 5.67. The quantitative estimate of drug-likeness (QED) is 0.482. The molecule has 3 aromatic rings. The second kappa shape index (κ2) is 9.46. The van der Waals surface area contributed by atoms with E-state index in [9.17, 15) is 18.0 Å². The van der Waals surface area contributed by atoms with Crippen LogP contribution >= 0.6 is 0 Å². The summed E-state index contributed by atoms with van der Waals surface area (Å²) in [6.07, 6.45) is -2.00. The van der Waals surface area contributed by atoms with E-state index < -0.39 is 17.7 Å². The second-order valence-corrected chi connectivity index (χ2v) is 7.85. The first-order valence-electron chi connectivity index (χ1n) is 10.2. The number of carbonyl (C=O) groups is 1. The molecule has 0 aliphatic carbocycles. The van der Waals surface area contributed by atoms with Gasteiger partial charge in [-0.05, 0) is 73.4 Å². The zero-order valence-electron chi connectivity index (χ0n) is 18.1. The minimum Gasteiger partial charge on any atom is -0.493 e. The molecule has 32 heavy (non-hydrogen) atoms. The molecule has 5 nitrogen and oxygen atoms in total. The molecule has 0 saturated heterocycles. The van der Waals surface area contributed by atoms with E-state index in [1.807, 2.05) is 45.2 Å². The largest absolute Gasteiger partial charge is 0.493 e. The fourth-order valence-electron chi connectivity index (χ4n) is 3.48. The third kappa shape index (κ3) is 5.69. The number of hydrogen-bond acceptors (Lipinski definition) is 3. The topological polar surface area (TPSA) is 64.4 Å². The molecular formula is C24H25F3N2O3. The van der Waals surface area contributed by atoms with Crippen molar-refractivity contribution in [2.24, 2.45) is 0 Å². The van der Waals surface area contributed by atoms with Crippen LogP contribution in [0, 0.1) is 13.8 Å². The molecule has 8 heteroatoms. The second-order valence-electron chi connectivity index (χ2n) is 7.85. The number of carboxylic acids is 1. The summed E-state index contributed by atoms with van der Waals surface area (Å²) in [5, 5.41) is 13.3. The molecule has 0 aliphatic rings. The van der Waals surface area contributed by atoms with E-state index in [-0.39, 0.29) is 12.3 Å². The fourth-order valence-corrected chi connectivity index (χ4v) is 3.48.